The number of carboxylic acids is 1. The first-order chi connectivity index (χ1) is 9.06. The summed E-state index contributed by atoms with van der Waals surface area (Å²) in [6.45, 7) is 1.90. The standard InChI is InChI=1S/C13H24N2O3S/c1-3-5-11(12(16)17)15-13(18)14-9-6-4-7-10(8-9)19-2/h9-11H,3-8H2,1-2H3,(H,16,17)(H2,14,15,18). The molecule has 2 amide bonds. The van der Waals surface area contributed by atoms with Crippen LogP contribution in [0, 0.1) is 0 Å². The van der Waals surface area contributed by atoms with E-state index in [0.29, 0.717) is 11.7 Å². The summed E-state index contributed by atoms with van der Waals surface area (Å²) in [5.41, 5.74) is 0. The van der Waals surface area contributed by atoms with Crippen molar-refractivity contribution in [2.75, 3.05) is 6.26 Å². The van der Waals surface area contributed by atoms with Crippen molar-refractivity contribution in [2.24, 2.45) is 0 Å². The molecule has 0 radical (unpaired) electrons. The monoisotopic (exact) mass is 288 g/mol. The van der Waals surface area contributed by atoms with Crippen LogP contribution in [-0.2, 0) is 4.79 Å². The van der Waals surface area contributed by atoms with Gasteiger partial charge in [-0.1, -0.05) is 19.8 Å². The van der Waals surface area contributed by atoms with Gasteiger partial charge in [-0.25, -0.2) is 9.59 Å². The van der Waals surface area contributed by atoms with Crippen molar-refractivity contribution in [3.05, 3.63) is 0 Å². The second-order valence-electron chi connectivity index (χ2n) is 5.02. The minimum absolute atomic E-state index is 0.169. The molecule has 0 spiro atoms. The summed E-state index contributed by atoms with van der Waals surface area (Å²) in [6.07, 6.45) is 7.56. The third kappa shape index (κ3) is 5.72. The maximum Gasteiger partial charge on any atom is 0.326 e. The van der Waals surface area contributed by atoms with E-state index in [4.69, 9.17) is 5.11 Å². The molecule has 1 fully saturated rings. The molecule has 0 saturated heterocycles. The Morgan fingerprint density at radius 3 is 2.74 bits per heavy atom. The third-order valence-electron chi connectivity index (χ3n) is 3.48. The molecule has 19 heavy (non-hydrogen) atoms. The lowest BCUT2D eigenvalue weighted by molar-refractivity contribution is -0.139. The first-order valence-corrected chi connectivity index (χ1v) is 8.18. The van der Waals surface area contributed by atoms with Gasteiger partial charge in [0.15, 0.2) is 0 Å². The van der Waals surface area contributed by atoms with Crippen LogP contribution in [0.5, 0.6) is 0 Å². The predicted octanol–water partition coefficient (Wildman–Crippen LogP) is 2.21. The van der Waals surface area contributed by atoms with Crippen molar-refractivity contribution < 1.29 is 14.7 Å². The quantitative estimate of drug-likeness (QED) is 0.700. The van der Waals surface area contributed by atoms with Gasteiger partial charge < -0.3 is 15.7 Å². The van der Waals surface area contributed by atoms with Crippen LogP contribution in [0.15, 0.2) is 0 Å². The zero-order valence-electron chi connectivity index (χ0n) is 11.6. The van der Waals surface area contributed by atoms with Gasteiger partial charge in [0, 0.05) is 11.3 Å². The van der Waals surface area contributed by atoms with Crippen LogP contribution in [0.1, 0.15) is 45.4 Å². The summed E-state index contributed by atoms with van der Waals surface area (Å²) in [5.74, 6) is -0.970. The fraction of sp³-hybridized carbons (Fsp3) is 0.846. The molecule has 1 saturated carbocycles. The molecule has 3 atom stereocenters. The van der Waals surface area contributed by atoms with Gasteiger partial charge in [-0.15, -0.1) is 0 Å². The number of carboxylic acid groups (broad SMARTS) is 1. The van der Waals surface area contributed by atoms with Crippen LogP contribution in [0.25, 0.3) is 0 Å². The van der Waals surface area contributed by atoms with Gasteiger partial charge in [-0.2, -0.15) is 11.8 Å². The number of nitrogens with one attached hydrogen (secondary N) is 2. The highest BCUT2D eigenvalue weighted by Crippen LogP contribution is 2.26. The Morgan fingerprint density at radius 2 is 2.16 bits per heavy atom. The number of thioether (sulfide) groups is 1. The number of urea groups is 1. The highest BCUT2D eigenvalue weighted by molar-refractivity contribution is 7.99. The second-order valence-corrected chi connectivity index (χ2v) is 6.16. The first kappa shape index (κ1) is 16.1. The number of carbonyl (C=O) groups excluding carboxylic acids is 1. The normalized spacial score (nSPS) is 24.5. The zero-order valence-corrected chi connectivity index (χ0v) is 12.5. The molecule has 1 aliphatic rings. The number of aliphatic carboxylic acids is 1. The van der Waals surface area contributed by atoms with E-state index >= 15 is 0 Å². The second kappa shape index (κ2) is 8.30. The predicted molar refractivity (Wildman–Crippen MR) is 77.6 cm³/mol. The van der Waals surface area contributed by atoms with Crippen molar-refractivity contribution in [3.8, 4) is 0 Å². The zero-order chi connectivity index (χ0) is 14.3. The van der Waals surface area contributed by atoms with Crippen LogP contribution < -0.4 is 10.6 Å². The van der Waals surface area contributed by atoms with Gasteiger partial charge >= 0.3 is 12.0 Å². The summed E-state index contributed by atoms with van der Waals surface area (Å²) in [5, 5.41) is 15.0. The summed E-state index contributed by atoms with van der Waals surface area (Å²) in [6, 6.07) is -0.972. The summed E-state index contributed by atoms with van der Waals surface area (Å²) in [7, 11) is 0. The molecule has 3 unspecified atom stereocenters. The lowest BCUT2D eigenvalue weighted by Gasteiger charge is -2.29. The van der Waals surface area contributed by atoms with Crippen LogP contribution in [0.3, 0.4) is 0 Å². The molecule has 6 heteroatoms. The highest BCUT2D eigenvalue weighted by Gasteiger charge is 2.24. The topological polar surface area (TPSA) is 78.4 Å². The minimum atomic E-state index is -0.970. The molecule has 1 rings (SSSR count). The third-order valence-corrected chi connectivity index (χ3v) is 4.57. The van der Waals surface area contributed by atoms with Gasteiger partial charge in [-0.05, 0) is 31.9 Å². The highest BCUT2D eigenvalue weighted by atomic mass is 32.2. The molecule has 0 aromatic rings. The number of hydrogen-bond donors (Lipinski definition) is 3. The minimum Gasteiger partial charge on any atom is -0.480 e. The molecule has 0 heterocycles. The van der Waals surface area contributed by atoms with Crippen LogP contribution in [-0.4, -0.2) is 40.7 Å². The van der Waals surface area contributed by atoms with E-state index in [1.54, 1.807) is 0 Å². The largest absolute Gasteiger partial charge is 0.480 e. The number of hydrogen-bond acceptors (Lipinski definition) is 3. The molecule has 1 aliphatic carbocycles. The van der Waals surface area contributed by atoms with Crippen LogP contribution in [0.2, 0.25) is 0 Å². The fourth-order valence-corrected chi connectivity index (χ4v) is 3.25. The molecular weight excluding hydrogens is 264 g/mol. The van der Waals surface area contributed by atoms with Gasteiger partial charge in [0.05, 0.1) is 0 Å². The van der Waals surface area contributed by atoms with Crippen LogP contribution >= 0.6 is 11.8 Å². The maximum atomic E-state index is 11.8. The lowest BCUT2D eigenvalue weighted by atomic mass is 9.95. The smallest absolute Gasteiger partial charge is 0.326 e. The summed E-state index contributed by atoms with van der Waals surface area (Å²) in [4.78, 5) is 22.8. The average molecular weight is 288 g/mol. The fourth-order valence-electron chi connectivity index (χ4n) is 2.42. The van der Waals surface area contributed by atoms with E-state index < -0.39 is 12.0 Å². The lowest BCUT2D eigenvalue weighted by Crippen LogP contribution is -2.50. The van der Waals surface area contributed by atoms with Crippen molar-refractivity contribution in [2.45, 2.75) is 62.8 Å². The number of carbonyl (C=O) groups is 2. The maximum absolute atomic E-state index is 11.8. The van der Waals surface area contributed by atoms with Crippen molar-refractivity contribution in [1.29, 1.82) is 0 Å². The average Bonchev–Trinajstić information content (AvgIpc) is 2.38. The molecule has 5 nitrogen and oxygen atoms in total. The Labute approximate surface area is 118 Å². The Balaban J connectivity index is 2.39. The molecule has 0 aromatic carbocycles. The Morgan fingerprint density at radius 1 is 1.42 bits per heavy atom. The molecule has 3 N–H and O–H groups in total. The Kier molecular flexibility index (Phi) is 7.05. The Hall–Kier alpha value is -0.910. The Bertz CT molecular complexity index is 312. The number of rotatable bonds is 6. The summed E-state index contributed by atoms with van der Waals surface area (Å²) >= 11 is 1.84. The van der Waals surface area contributed by atoms with Gasteiger partial charge in [0.1, 0.15) is 6.04 Å². The SMILES string of the molecule is CCCC(NC(=O)NC1CCCC(SC)C1)C(=O)O. The van der Waals surface area contributed by atoms with E-state index in [1.807, 2.05) is 18.7 Å². The van der Waals surface area contributed by atoms with E-state index in [9.17, 15) is 9.59 Å². The van der Waals surface area contributed by atoms with E-state index in [0.717, 1.165) is 25.7 Å². The molecule has 0 aromatic heterocycles. The number of amides is 2. The molecule has 0 bridgehead atoms. The van der Waals surface area contributed by atoms with Crippen molar-refractivity contribution in [1.82, 2.24) is 10.6 Å². The van der Waals surface area contributed by atoms with Gasteiger partial charge in [0.2, 0.25) is 0 Å². The molecule has 0 aliphatic heterocycles. The van der Waals surface area contributed by atoms with E-state index in [2.05, 4.69) is 16.9 Å². The van der Waals surface area contributed by atoms with E-state index in [-0.39, 0.29) is 12.1 Å². The van der Waals surface area contributed by atoms with Gasteiger partial charge in [-0.3, -0.25) is 0 Å². The van der Waals surface area contributed by atoms with Crippen molar-refractivity contribution >= 4 is 23.8 Å². The van der Waals surface area contributed by atoms with Gasteiger partial charge in [0.25, 0.3) is 0 Å². The van der Waals surface area contributed by atoms with Crippen LogP contribution in [0.4, 0.5) is 4.79 Å². The molecule has 110 valence electrons. The van der Waals surface area contributed by atoms with E-state index in [1.165, 1.54) is 6.42 Å². The summed E-state index contributed by atoms with van der Waals surface area (Å²) < 4.78 is 0. The molecular formula is C13H24N2O3S. The van der Waals surface area contributed by atoms with Crippen molar-refractivity contribution in [3.63, 3.8) is 0 Å². The first-order valence-electron chi connectivity index (χ1n) is 6.89.